The molecule has 1 saturated heterocycles. The summed E-state index contributed by atoms with van der Waals surface area (Å²) in [6.45, 7) is 15.9. The van der Waals surface area contributed by atoms with Gasteiger partial charge in [-0.15, -0.1) is 0 Å². The molecule has 0 amide bonds. The third-order valence-corrected chi connectivity index (χ3v) is 5.70. The molecule has 2 aliphatic rings. The lowest BCUT2D eigenvalue weighted by atomic mass is 9.69. The summed E-state index contributed by atoms with van der Waals surface area (Å²) in [7, 11) is 0. The largest absolute Gasteiger partial charge is 0.316 e. The molecule has 1 saturated carbocycles. The van der Waals surface area contributed by atoms with Gasteiger partial charge in [0.1, 0.15) is 0 Å². The lowest BCUT2D eigenvalue weighted by molar-refractivity contribution is 0.0471. The third-order valence-electron chi connectivity index (χ3n) is 5.70. The second-order valence-corrected chi connectivity index (χ2v) is 8.42. The number of rotatable bonds is 5. The smallest absolute Gasteiger partial charge is 0.00502 e. The van der Waals surface area contributed by atoms with Crippen molar-refractivity contribution >= 4 is 0 Å². The minimum Gasteiger partial charge on any atom is -0.316 e. The van der Waals surface area contributed by atoms with Crippen LogP contribution in [0.1, 0.15) is 66.2 Å². The first kappa shape index (κ1) is 16.3. The SMILES string of the molecule is CCNCC1(CN2CCC(C)(C)CC2)CCCC(C)C1. The van der Waals surface area contributed by atoms with E-state index >= 15 is 0 Å². The average molecular weight is 280 g/mol. The number of likely N-dealkylation sites (tertiary alicyclic amines) is 1. The third kappa shape index (κ3) is 4.46. The van der Waals surface area contributed by atoms with Gasteiger partial charge in [-0.05, 0) is 62.1 Å². The number of hydrogen-bond donors (Lipinski definition) is 1. The molecule has 2 rings (SSSR count). The van der Waals surface area contributed by atoms with E-state index < -0.39 is 0 Å². The second kappa shape index (κ2) is 6.79. The lowest BCUT2D eigenvalue weighted by Gasteiger charge is -2.46. The fourth-order valence-corrected chi connectivity index (χ4v) is 4.31. The Balaban J connectivity index is 1.93. The first-order chi connectivity index (χ1) is 9.45. The van der Waals surface area contributed by atoms with Gasteiger partial charge in [-0.25, -0.2) is 0 Å². The molecule has 0 radical (unpaired) electrons. The van der Waals surface area contributed by atoms with Crippen molar-refractivity contribution in [1.29, 1.82) is 0 Å². The maximum absolute atomic E-state index is 3.66. The molecule has 0 aromatic carbocycles. The summed E-state index contributed by atoms with van der Waals surface area (Å²) in [5.41, 5.74) is 1.13. The normalized spacial score (nSPS) is 35.1. The van der Waals surface area contributed by atoms with Gasteiger partial charge in [-0.1, -0.05) is 40.5 Å². The van der Waals surface area contributed by atoms with E-state index in [0.717, 1.165) is 12.5 Å². The number of piperidine rings is 1. The van der Waals surface area contributed by atoms with Crippen LogP contribution in [-0.2, 0) is 0 Å². The summed E-state index contributed by atoms with van der Waals surface area (Å²) in [5, 5.41) is 3.66. The monoisotopic (exact) mass is 280 g/mol. The summed E-state index contributed by atoms with van der Waals surface area (Å²) in [6.07, 6.45) is 8.50. The van der Waals surface area contributed by atoms with E-state index in [2.05, 4.69) is 37.9 Å². The van der Waals surface area contributed by atoms with E-state index in [1.165, 1.54) is 64.7 Å². The Morgan fingerprint density at radius 3 is 2.45 bits per heavy atom. The Bertz CT molecular complexity index is 290. The van der Waals surface area contributed by atoms with E-state index in [1.54, 1.807) is 0 Å². The van der Waals surface area contributed by atoms with Crippen molar-refractivity contribution in [2.75, 3.05) is 32.7 Å². The van der Waals surface area contributed by atoms with E-state index in [4.69, 9.17) is 0 Å². The van der Waals surface area contributed by atoms with Crippen molar-refractivity contribution in [3.63, 3.8) is 0 Å². The molecule has 1 heterocycles. The highest BCUT2D eigenvalue weighted by atomic mass is 15.1. The van der Waals surface area contributed by atoms with Crippen LogP contribution in [0.15, 0.2) is 0 Å². The molecule has 1 aliphatic carbocycles. The highest BCUT2D eigenvalue weighted by Crippen LogP contribution is 2.41. The van der Waals surface area contributed by atoms with Crippen LogP contribution in [0.5, 0.6) is 0 Å². The van der Waals surface area contributed by atoms with Crippen molar-refractivity contribution in [2.24, 2.45) is 16.7 Å². The van der Waals surface area contributed by atoms with Crippen LogP contribution in [0.25, 0.3) is 0 Å². The predicted molar refractivity (Wildman–Crippen MR) is 88.1 cm³/mol. The zero-order chi connectivity index (χ0) is 14.6. The quantitative estimate of drug-likeness (QED) is 0.821. The summed E-state index contributed by atoms with van der Waals surface area (Å²) >= 11 is 0. The molecule has 0 bridgehead atoms. The molecule has 1 aliphatic heterocycles. The van der Waals surface area contributed by atoms with Crippen LogP contribution in [-0.4, -0.2) is 37.6 Å². The first-order valence-electron chi connectivity index (χ1n) is 8.88. The molecule has 0 aromatic heterocycles. The molecule has 2 heteroatoms. The van der Waals surface area contributed by atoms with Crippen LogP contribution < -0.4 is 5.32 Å². The Morgan fingerprint density at radius 2 is 1.85 bits per heavy atom. The summed E-state index contributed by atoms with van der Waals surface area (Å²) in [6, 6.07) is 0. The van der Waals surface area contributed by atoms with Crippen LogP contribution in [0.2, 0.25) is 0 Å². The first-order valence-corrected chi connectivity index (χ1v) is 8.88. The highest BCUT2D eigenvalue weighted by molar-refractivity contribution is 4.91. The van der Waals surface area contributed by atoms with Crippen molar-refractivity contribution in [2.45, 2.75) is 66.2 Å². The van der Waals surface area contributed by atoms with Gasteiger partial charge < -0.3 is 10.2 Å². The van der Waals surface area contributed by atoms with Gasteiger partial charge in [-0.3, -0.25) is 0 Å². The van der Waals surface area contributed by atoms with Gasteiger partial charge in [0.05, 0.1) is 0 Å². The van der Waals surface area contributed by atoms with Gasteiger partial charge in [0.15, 0.2) is 0 Å². The minimum absolute atomic E-state index is 0.551. The van der Waals surface area contributed by atoms with Crippen LogP contribution >= 0.6 is 0 Å². The molecular formula is C18H36N2. The lowest BCUT2D eigenvalue weighted by Crippen LogP contribution is -2.49. The molecule has 2 unspecified atom stereocenters. The summed E-state index contributed by atoms with van der Waals surface area (Å²) in [4.78, 5) is 2.76. The van der Waals surface area contributed by atoms with Gasteiger partial charge in [0, 0.05) is 13.1 Å². The van der Waals surface area contributed by atoms with E-state index in [1.807, 2.05) is 0 Å². The standard InChI is InChI=1S/C18H36N2/c1-5-19-14-18(8-6-7-16(2)13-18)15-20-11-9-17(3,4)10-12-20/h16,19H,5-15H2,1-4H3. The summed E-state index contributed by atoms with van der Waals surface area (Å²) < 4.78 is 0. The molecule has 2 atom stereocenters. The Kier molecular flexibility index (Phi) is 5.53. The van der Waals surface area contributed by atoms with Gasteiger partial charge in [0.25, 0.3) is 0 Å². The summed E-state index contributed by atoms with van der Waals surface area (Å²) in [5.74, 6) is 0.920. The van der Waals surface area contributed by atoms with Crippen molar-refractivity contribution in [3.8, 4) is 0 Å². The zero-order valence-corrected chi connectivity index (χ0v) is 14.3. The zero-order valence-electron chi connectivity index (χ0n) is 14.3. The van der Waals surface area contributed by atoms with E-state index in [0.29, 0.717) is 10.8 Å². The fraction of sp³-hybridized carbons (Fsp3) is 1.00. The van der Waals surface area contributed by atoms with Gasteiger partial charge in [0.2, 0.25) is 0 Å². The number of nitrogens with zero attached hydrogens (tertiary/aromatic N) is 1. The molecule has 1 N–H and O–H groups in total. The van der Waals surface area contributed by atoms with Crippen LogP contribution in [0.4, 0.5) is 0 Å². The topological polar surface area (TPSA) is 15.3 Å². The molecule has 0 aromatic rings. The Morgan fingerprint density at radius 1 is 1.15 bits per heavy atom. The van der Waals surface area contributed by atoms with Gasteiger partial charge in [-0.2, -0.15) is 0 Å². The molecular weight excluding hydrogens is 244 g/mol. The Hall–Kier alpha value is -0.0800. The molecule has 0 spiro atoms. The highest BCUT2D eigenvalue weighted by Gasteiger charge is 2.37. The fourth-order valence-electron chi connectivity index (χ4n) is 4.31. The minimum atomic E-state index is 0.551. The van der Waals surface area contributed by atoms with Crippen molar-refractivity contribution < 1.29 is 0 Å². The number of nitrogens with one attached hydrogen (secondary N) is 1. The predicted octanol–water partition coefficient (Wildman–Crippen LogP) is 3.91. The van der Waals surface area contributed by atoms with Crippen molar-refractivity contribution in [1.82, 2.24) is 10.2 Å². The van der Waals surface area contributed by atoms with Crippen molar-refractivity contribution in [3.05, 3.63) is 0 Å². The van der Waals surface area contributed by atoms with E-state index in [-0.39, 0.29) is 0 Å². The Labute approximate surface area is 126 Å². The maximum atomic E-state index is 3.66. The van der Waals surface area contributed by atoms with Gasteiger partial charge >= 0.3 is 0 Å². The van der Waals surface area contributed by atoms with E-state index in [9.17, 15) is 0 Å². The second-order valence-electron chi connectivity index (χ2n) is 8.42. The van der Waals surface area contributed by atoms with Crippen LogP contribution in [0.3, 0.4) is 0 Å². The molecule has 2 nitrogen and oxygen atoms in total. The molecule has 20 heavy (non-hydrogen) atoms. The molecule has 2 fully saturated rings. The maximum Gasteiger partial charge on any atom is 0.00502 e. The molecule has 118 valence electrons. The van der Waals surface area contributed by atoms with Crippen LogP contribution in [0, 0.1) is 16.7 Å². The number of hydrogen-bond acceptors (Lipinski definition) is 2. The average Bonchev–Trinajstić information content (AvgIpc) is 2.39.